The van der Waals surface area contributed by atoms with Gasteiger partial charge in [-0.3, -0.25) is 14.8 Å². The summed E-state index contributed by atoms with van der Waals surface area (Å²) in [6.07, 6.45) is 4.71. The van der Waals surface area contributed by atoms with E-state index >= 15 is 0 Å². The molecule has 2 heterocycles. The standard InChI is InChI=1S/C12H10ClN3O/c1-8-11(13)10(4-6-15-8)16-12(17)9-3-2-5-14-7-9/h2-7H,1H3,(H,15,16,17). The Morgan fingerprint density at radius 2 is 2.18 bits per heavy atom. The van der Waals surface area contributed by atoms with E-state index in [1.54, 1.807) is 37.5 Å². The van der Waals surface area contributed by atoms with Gasteiger partial charge in [0.2, 0.25) is 0 Å². The lowest BCUT2D eigenvalue weighted by Crippen LogP contribution is -2.12. The Hall–Kier alpha value is -1.94. The second kappa shape index (κ2) is 4.93. The Labute approximate surface area is 104 Å². The number of nitrogens with zero attached hydrogens (tertiary/aromatic N) is 2. The van der Waals surface area contributed by atoms with Crippen LogP contribution in [0.15, 0.2) is 36.8 Å². The number of hydrogen-bond donors (Lipinski definition) is 1. The molecule has 0 radical (unpaired) electrons. The molecular weight excluding hydrogens is 238 g/mol. The van der Waals surface area contributed by atoms with Gasteiger partial charge in [0.05, 0.1) is 22.0 Å². The highest BCUT2D eigenvalue weighted by atomic mass is 35.5. The van der Waals surface area contributed by atoms with Crippen LogP contribution in [0.4, 0.5) is 5.69 Å². The first-order valence-corrected chi connectivity index (χ1v) is 5.39. The fraction of sp³-hybridized carbons (Fsp3) is 0.0833. The minimum Gasteiger partial charge on any atom is -0.320 e. The van der Waals surface area contributed by atoms with Crippen LogP contribution >= 0.6 is 11.6 Å². The van der Waals surface area contributed by atoms with Gasteiger partial charge in [-0.05, 0) is 25.1 Å². The van der Waals surface area contributed by atoms with Gasteiger partial charge >= 0.3 is 0 Å². The highest BCUT2D eigenvalue weighted by molar-refractivity contribution is 6.34. The van der Waals surface area contributed by atoms with Gasteiger partial charge in [-0.25, -0.2) is 0 Å². The average Bonchev–Trinajstić information content (AvgIpc) is 2.36. The Kier molecular flexibility index (Phi) is 3.35. The molecule has 0 bridgehead atoms. The van der Waals surface area contributed by atoms with E-state index in [2.05, 4.69) is 15.3 Å². The predicted molar refractivity (Wildman–Crippen MR) is 66.2 cm³/mol. The number of nitrogens with one attached hydrogen (secondary N) is 1. The summed E-state index contributed by atoms with van der Waals surface area (Å²) in [5.74, 6) is -0.245. The zero-order valence-corrected chi connectivity index (χ0v) is 9.90. The summed E-state index contributed by atoms with van der Waals surface area (Å²) in [5, 5.41) is 3.17. The minimum absolute atomic E-state index is 0.245. The Morgan fingerprint density at radius 3 is 2.88 bits per heavy atom. The van der Waals surface area contributed by atoms with Crippen LogP contribution < -0.4 is 5.32 Å². The van der Waals surface area contributed by atoms with E-state index < -0.39 is 0 Å². The van der Waals surface area contributed by atoms with Crippen LogP contribution in [0.25, 0.3) is 0 Å². The quantitative estimate of drug-likeness (QED) is 0.888. The second-order valence-electron chi connectivity index (χ2n) is 3.45. The maximum absolute atomic E-state index is 11.8. The van der Waals surface area contributed by atoms with E-state index in [-0.39, 0.29) is 5.91 Å². The van der Waals surface area contributed by atoms with E-state index in [0.29, 0.717) is 22.0 Å². The van der Waals surface area contributed by atoms with Gasteiger partial charge in [0.1, 0.15) is 0 Å². The van der Waals surface area contributed by atoms with Crippen molar-refractivity contribution < 1.29 is 4.79 Å². The van der Waals surface area contributed by atoms with Crippen LogP contribution in [0.5, 0.6) is 0 Å². The molecule has 0 atom stereocenters. The van der Waals surface area contributed by atoms with Crippen molar-refractivity contribution in [3.05, 3.63) is 53.1 Å². The molecule has 4 nitrogen and oxygen atoms in total. The molecular formula is C12H10ClN3O. The molecule has 86 valence electrons. The average molecular weight is 248 g/mol. The van der Waals surface area contributed by atoms with E-state index in [0.717, 1.165) is 0 Å². The van der Waals surface area contributed by atoms with Crippen molar-refractivity contribution in [3.63, 3.8) is 0 Å². The first kappa shape index (κ1) is 11.5. The van der Waals surface area contributed by atoms with E-state index in [9.17, 15) is 4.79 Å². The van der Waals surface area contributed by atoms with Crippen molar-refractivity contribution in [1.29, 1.82) is 0 Å². The second-order valence-corrected chi connectivity index (χ2v) is 3.83. The number of rotatable bonds is 2. The molecule has 1 N–H and O–H groups in total. The summed E-state index contributed by atoms with van der Waals surface area (Å²) < 4.78 is 0. The van der Waals surface area contributed by atoms with Crippen LogP contribution in [-0.4, -0.2) is 15.9 Å². The highest BCUT2D eigenvalue weighted by Crippen LogP contribution is 2.23. The highest BCUT2D eigenvalue weighted by Gasteiger charge is 2.09. The molecule has 0 aliphatic carbocycles. The van der Waals surface area contributed by atoms with Crippen LogP contribution in [0.3, 0.4) is 0 Å². The van der Waals surface area contributed by atoms with Crippen molar-refractivity contribution in [1.82, 2.24) is 9.97 Å². The number of halogens is 1. The lowest BCUT2D eigenvalue weighted by atomic mass is 10.2. The molecule has 17 heavy (non-hydrogen) atoms. The zero-order valence-electron chi connectivity index (χ0n) is 9.14. The smallest absolute Gasteiger partial charge is 0.257 e. The summed E-state index contributed by atoms with van der Waals surface area (Å²) in [6, 6.07) is 5.04. The molecule has 5 heteroatoms. The molecule has 0 spiro atoms. The number of aryl methyl sites for hydroxylation is 1. The van der Waals surface area contributed by atoms with Gasteiger partial charge in [0, 0.05) is 18.6 Å². The monoisotopic (exact) mass is 247 g/mol. The molecule has 0 aromatic carbocycles. The minimum atomic E-state index is -0.245. The number of hydrogen-bond acceptors (Lipinski definition) is 3. The van der Waals surface area contributed by atoms with Crippen LogP contribution in [0.2, 0.25) is 5.02 Å². The summed E-state index contributed by atoms with van der Waals surface area (Å²) in [5.41, 5.74) is 1.71. The van der Waals surface area contributed by atoms with Gasteiger partial charge in [-0.2, -0.15) is 0 Å². The molecule has 0 fully saturated rings. The summed E-state index contributed by atoms with van der Waals surface area (Å²) in [6.45, 7) is 1.78. The molecule has 0 saturated heterocycles. The molecule has 2 rings (SSSR count). The maximum atomic E-state index is 11.8. The third-order valence-electron chi connectivity index (χ3n) is 2.24. The van der Waals surface area contributed by atoms with E-state index in [1.807, 2.05) is 0 Å². The first-order valence-electron chi connectivity index (χ1n) is 5.01. The summed E-state index contributed by atoms with van der Waals surface area (Å²) in [7, 11) is 0. The molecule has 0 unspecified atom stereocenters. The van der Waals surface area contributed by atoms with E-state index in [4.69, 9.17) is 11.6 Å². The molecule has 0 aliphatic heterocycles. The van der Waals surface area contributed by atoms with Crippen LogP contribution in [0.1, 0.15) is 16.1 Å². The molecule has 1 amide bonds. The Morgan fingerprint density at radius 1 is 1.35 bits per heavy atom. The molecule has 0 aliphatic rings. The van der Waals surface area contributed by atoms with E-state index in [1.165, 1.54) is 6.20 Å². The van der Waals surface area contributed by atoms with Gasteiger partial charge < -0.3 is 5.32 Å². The first-order chi connectivity index (χ1) is 8.18. The predicted octanol–water partition coefficient (Wildman–Crippen LogP) is 2.69. The number of amides is 1. The Balaban J connectivity index is 2.22. The summed E-state index contributed by atoms with van der Waals surface area (Å²) in [4.78, 5) is 19.8. The third-order valence-corrected chi connectivity index (χ3v) is 2.71. The lowest BCUT2D eigenvalue weighted by molar-refractivity contribution is 0.102. The largest absolute Gasteiger partial charge is 0.320 e. The van der Waals surface area contributed by atoms with Crippen LogP contribution in [0, 0.1) is 6.92 Å². The zero-order chi connectivity index (χ0) is 12.3. The molecule has 0 saturated carbocycles. The SMILES string of the molecule is Cc1nccc(NC(=O)c2cccnc2)c1Cl. The summed E-state index contributed by atoms with van der Waals surface area (Å²) >= 11 is 6.03. The normalized spacial score (nSPS) is 10.0. The van der Waals surface area contributed by atoms with Crippen LogP contribution in [-0.2, 0) is 0 Å². The Bertz CT molecular complexity index is 543. The molecule has 2 aromatic rings. The number of carbonyl (C=O) groups excluding carboxylic acids is 1. The van der Waals surface area contributed by atoms with Crippen molar-refractivity contribution in [3.8, 4) is 0 Å². The van der Waals surface area contributed by atoms with Gasteiger partial charge in [0.15, 0.2) is 0 Å². The van der Waals surface area contributed by atoms with Crippen molar-refractivity contribution in [2.75, 3.05) is 5.32 Å². The number of pyridine rings is 2. The van der Waals surface area contributed by atoms with Gasteiger partial charge in [0.25, 0.3) is 5.91 Å². The maximum Gasteiger partial charge on any atom is 0.257 e. The van der Waals surface area contributed by atoms with Crippen molar-refractivity contribution >= 4 is 23.2 Å². The number of carbonyl (C=O) groups is 1. The number of aromatic nitrogens is 2. The van der Waals surface area contributed by atoms with Gasteiger partial charge in [-0.1, -0.05) is 11.6 Å². The number of anilines is 1. The molecule has 2 aromatic heterocycles. The fourth-order valence-electron chi connectivity index (χ4n) is 1.34. The van der Waals surface area contributed by atoms with Gasteiger partial charge in [-0.15, -0.1) is 0 Å². The van der Waals surface area contributed by atoms with Crippen molar-refractivity contribution in [2.45, 2.75) is 6.92 Å². The topological polar surface area (TPSA) is 54.9 Å². The lowest BCUT2D eigenvalue weighted by Gasteiger charge is -2.07. The fourth-order valence-corrected chi connectivity index (χ4v) is 1.50. The van der Waals surface area contributed by atoms with Crippen molar-refractivity contribution in [2.24, 2.45) is 0 Å². The third kappa shape index (κ3) is 2.60.